The van der Waals surface area contributed by atoms with Gasteiger partial charge in [-0.1, -0.05) is 0 Å². The molecule has 0 radical (unpaired) electrons. The zero-order chi connectivity index (χ0) is 11.3. The van der Waals surface area contributed by atoms with Gasteiger partial charge in [-0.15, -0.1) is 0 Å². The van der Waals surface area contributed by atoms with Gasteiger partial charge in [0, 0.05) is 26.2 Å². The molecule has 1 spiro atoms. The molecular formula is C14H20N2O. The third-order valence-corrected chi connectivity index (χ3v) is 7.00. The first kappa shape index (κ1) is 9.37. The normalized spacial score (nSPS) is 57.6. The molecule has 0 bridgehead atoms. The van der Waals surface area contributed by atoms with E-state index in [1.54, 1.807) is 0 Å². The number of rotatable bonds is 1. The molecule has 0 aromatic rings. The lowest BCUT2D eigenvalue weighted by molar-refractivity contribution is -0.415. The van der Waals surface area contributed by atoms with Crippen LogP contribution in [0.1, 0.15) is 25.7 Å². The highest BCUT2D eigenvalue weighted by atomic mass is 16.2. The molecule has 1 amide bonds. The first-order valence-corrected chi connectivity index (χ1v) is 7.29. The van der Waals surface area contributed by atoms with E-state index >= 15 is 0 Å². The fraction of sp³-hybridized carbons (Fsp3) is 0.929. The molecule has 17 heavy (non-hydrogen) atoms. The van der Waals surface area contributed by atoms with Crippen LogP contribution in [-0.2, 0) is 4.79 Å². The largest absolute Gasteiger partial charge is 0.340 e. The van der Waals surface area contributed by atoms with E-state index < -0.39 is 0 Å². The van der Waals surface area contributed by atoms with Gasteiger partial charge in [-0.05, 0) is 48.9 Å². The fourth-order valence-electron chi connectivity index (χ4n) is 6.47. The Hall–Kier alpha value is -0.570. The summed E-state index contributed by atoms with van der Waals surface area (Å²) in [4.78, 5) is 15.0. The second kappa shape index (κ2) is 2.56. The minimum absolute atomic E-state index is 0.154. The fourth-order valence-corrected chi connectivity index (χ4v) is 6.47. The van der Waals surface area contributed by atoms with E-state index in [1.165, 1.54) is 25.7 Å². The maximum Gasteiger partial charge on any atom is 0.229 e. The molecule has 5 fully saturated rings. The van der Waals surface area contributed by atoms with Gasteiger partial charge < -0.3 is 10.2 Å². The summed E-state index contributed by atoms with van der Waals surface area (Å²) in [5, 5.41) is 3.34. The van der Waals surface area contributed by atoms with Crippen LogP contribution in [0.3, 0.4) is 0 Å². The van der Waals surface area contributed by atoms with Crippen LogP contribution in [0.4, 0.5) is 0 Å². The Balaban J connectivity index is 1.44. The predicted molar refractivity (Wildman–Crippen MR) is 63.3 cm³/mol. The average molecular weight is 232 g/mol. The van der Waals surface area contributed by atoms with E-state index in [1.807, 2.05) is 0 Å². The Kier molecular flexibility index (Phi) is 1.41. The third-order valence-electron chi connectivity index (χ3n) is 7.00. The van der Waals surface area contributed by atoms with Crippen LogP contribution in [-0.4, -0.2) is 37.0 Å². The molecule has 92 valence electrons. The summed E-state index contributed by atoms with van der Waals surface area (Å²) in [7, 11) is 0. The zero-order valence-electron chi connectivity index (χ0n) is 10.2. The van der Waals surface area contributed by atoms with E-state index in [-0.39, 0.29) is 5.41 Å². The van der Waals surface area contributed by atoms with Crippen molar-refractivity contribution in [2.45, 2.75) is 25.7 Å². The van der Waals surface area contributed by atoms with Gasteiger partial charge in [-0.2, -0.15) is 0 Å². The smallest absolute Gasteiger partial charge is 0.229 e. The number of amides is 1. The van der Waals surface area contributed by atoms with Crippen molar-refractivity contribution in [1.82, 2.24) is 10.2 Å². The topological polar surface area (TPSA) is 32.3 Å². The molecule has 1 saturated heterocycles. The number of piperazine rings is 1. The number of carbonyl (C=O) groups excluding carboxylic acids is 1. The highest BCUT2D eigenvalue weighted by molar-refractivity contribution is 5.88. The van der Waals surface area contributed by atoms with Crippen molar-refractivity contribution in [3.63, 3.8) is 0 Å². The highest BCUT2D eigenvalue weighted by Crippen LogP contribution is 2.93. The lowest BCUT2D eigenvalue weighted by Gasteiger charge is -2.90. The molecule has 4 saturated carbocycles. The van der Waals surface area contributed by atoms with Crippen LogP contribution in [0, 0.1) is 28.6 Å². The van der Waals surface area contributed by atoms with E-state index in [9.17, 15) is 4.79 Å². The van der Waals surface area contributed by atoms with Crippen molar-refractivity contribution in [3.05, 3.63) is 0 Å². The van der Waals surface area contributed by atoms with Crippen molar-refractivity contribution in [2.75, 3.05) is 26.2 Å². The molecule has 1 heterocycles. The van der Waals surface area contributed by atoms with Gasteiger partial charge in [-0.3, -0.25) is 4.79 Å². The van der Waals surface area contributed by atoms with Crippen molar-refractivity contribution < 1.29 is 4.79 Å². The van der Waals surface area contributed by atoms with Crippen molar-refractivity contribution in [3.8, 4) is 0 Å². The van der Waals surface area contributed by atoms with Crippen LogP contribution >= 0.6 is 0 Å². The average Bonchev–Trinajstić information content (AvgIpc) is 2.26. The van der Waals surface area contributed by atoms with Gasteiger partial charge in [0.25, 0.3) is 0 Å². The van der Waals surface area contributed by atoms with E-state index in [2.05, 4.69) is 10.2 Å². The standard InChI is InChI=1S/C14H20N2O/c17-12(16-3-1-15-2-4-16)13-7-10-5-9-6-11(8-13)14(9,10)13/h9-11,15H,1-8H2. The van der Waals surface area contributed by atoms with Crippen LogP contribution in [0.2, 0.25) is 0 Å². The SMILES string of the molecule is O=C(N1CCNCC1)C12CC3CC4CC(C1)C432. The Morgan fingerprint density at radius 1 is 1.06 bits per heavy atom. The Bertz CT molecular complexity index is 387. The molecule has 0 aromatic heterocycles. The molecule has 1 aliphatic heterocycles. The summed E-state index contributed by atoms with van der Waals surface area (Å²) in [5.74, 6) is 3.39. The van der Waals surface area contributed by atoms with Crippen molar-refractivity contribution in [2.24, 2.45) is 28.6 Å². The maximum absolute atomic E-state index is 12.8. The number of nitrogens with one attached hydrogen (secondary N) is 1. The monoisotopic (exact) mass is 232 g/mol. The van der Waals surface area contributed by atoms with E-state index in [0.717, 1.165) is 43.9 Å². The Labute approximate surface area is 102 Å². The van der Waals surface area contributed by atoms with E-state index in [0.29, 0.717) is 11.3 Å². The van der Waals surface area contributed by atoms with Gasteiger partial charge in [0.1, 0.15) is 0 Å². The number of nitrogens with zero attached hydrogens (tertiary/aromatic N) is 1. The van der Waals surface area contributed by atoms with Gasteiger partial charge in [0.05, 0.1) is 5.41 Å². The molecule has 5 aliphatic rings. The lowest BCUT2D eigenvalue weighted by Crippen LogP contribution is -2.88. The maximum atomic E-state index is 12.8. The number of carbonyl (C=O) groups is 1. The molecular weight excluding hydrogens is 212 g/mol. The zero-order valence-corrected chi connectivity index (χ0v) is 10.2. The quantitative estimate of drug-likeness (QED) is 0.727. The second-order valence-electron chi connectivity index (χ2n) is 7.03. The van der Waals surface area contributed by atoms with Gasteiger partial charge in [0.2, 0.25) is 5.91 Å². The third kappa shape index (κ3) is 0.714. The minimum atomic E-state index is 0.154. The molecule has 4 aliphatic carbocycles. The summed E-state index contributed by atoms with van der Waals surface area (Å²) in [5.41, 5.74) is 0.718. The molecule has 0 aromatic carbocycles. The Morgan fingerprint density at radius 3 is 2.24 bits per heavy atom. The molecule has 5 rings (SSSR count). The van der Waals surface area contributed by atoms with Crippen LogP contribution in [0.25, 0.3) is 0 Å². The lowest BCUT2D eigenvalue weighted by atomic mass is 9.13. The van der Waals surface area contributed by atoms with Crippen molar-refractivity contribution >= 4 is 5.91 Å². The summed E-state index contributed by atoms with van der Waals surface area (Å²) >= 11 is 0. The molecule has 2 unspecified atom stereocenters. The van der Waals surface area contributed by atoms with Crippen molar-refractivity contribution in [1.29, 1.82) is 0 Å². The van der Waals surface area contributed by atoms with Crippen LogP contribution < -0.4 is 5.32 Å². The molecule has 3 heteroatoms. The molecule has 3 nitrogen and oxygen atoms in total. The first-order valence-electron chi connectivity index (χ1n) is 7.29. The first-order chi connectivity index (χ1) is 8.29. The summed E-state index contributed by atoms with van der Waals surface area (Å²) in [6.45, 7) is 3.86. The molecule has 1 N–H and O–H groups in total. The highest BCUT2D eigenvalue weighted by Gasteiger charge is 2.89. The predicted octanol–water partition coefficient (Wildman–Crippen LogP) is 0.854. The van der Waals surface area contributed by atoms with E-state index in [4.69, 9.17) is 0 Å². The minimum Gasteiger partial charge on any atom is -0.340 e. The summed E-state index contributed by atoms with van der Waals surface area (Å²) < 4.78 is 0. The van der Waals surface area contributed by atoms with Gasteiger partial charge in [0.15, 0.2) is 0 Å². The van der Waals surface area contributed by atoms with Crippen LogP contribution in [0.15, 0.2) is 0 Å². The number of hydrogen-bond donors (Lipinski definition) is 1. The van der Waals surface area contributed by atoms with Crippen LogP contribution in [0.5, 0.6) is 0 Å². The Morgan fingerprint density at radius 2 is 1.71 bits per heavy atom. The van der Waals surface area contributed by atoms with Gasteiger partial charge in [-0.25, -0.2) is 0 Å². The summed E-state index contributed by atoms with van der Waals surface area (Å²) in [6.07, 6.45) is 5.38. The summed E-state index contributed by atoms with van der Waals surface area (Å²) in [6, 6.07) is 0. The molecule has 2 atom stereocenters. The number of hydrogen-bond acceptors (Lipinski definition) is 2. The van der Waals surface area contributed by atoms with Gasteiger partial charge >= 0.3 is 0 Å². The second-order valence-corrected chi connectivity index (χ2v) is 7.03.